The molecule has 1 aromatic heterocycles. The smallest absolute Gasteiger partial charge is 0.254 e. The van der Waals surface area contributed by atoms with Crippen molar-refractivity contribution < 1.29 is 0 Å². The number of fused-ring (bicyclic) bond motifs is 1. The highest BCUT2D eigenvalue weighted by Gasteiger charge is 2.36. The lowest BCUT2D eigenvalue weighted by molar-refractivity contribution is 0.489. The van der Waals surface area contributed by atoms with Crippen LogP contribution in [0.25, 0.3) is 11.4 Å². The van der Waals surface area contributed by atoms with Crippen LogP contribution in [0.2, 0.25) is 5.02 Å². The summed E-state index contributed by atoms with van der Waals surface area (Å²) in [5.41, 5.74) is 2.72. The minimum atomic E-state index is -0.513. The van der Waals surface area contributed by atoms with E-state index < -0.39 is 5.41 Å². The summed E-state index contributed by atoms with van der Waals surface area (Å²) in [5.74, 6) is 0.597. The highest BCUT2D eigenvalue weighted by molar-refractivity contribution is 6.30. The van der Waals surface area contributed by atoms with E-state index >= 15 is 0 Å². The van der Waals surface area contributed by atoms with E-state index in [1.165, 1.54) is 6.21 Å². The van der Waals surface area contributed by atoms with Gasteiger partial charge in [0.25, 0.3) is 5.56 Å². The zero-order valence-corrected chi connectivity index (χ0v) is 14.9. The first kappa shape index (κ1) is 16.7. The van der Waals surface area contributed by atoms with Gasteiger partial charge in [0.1, 0.15) is 5.82 Å². The van der Waals surface area contributed by atoms with Gasteiger partial charge in [-0.1, -0.05) is 54.1 Å². The van der Waals surface area contributed by atoms with Crippen LogP contribution in [0, 0.1) is 5.41 Å². The molecule has 1 atom stereocenters. The van der Waals surface area contributed by atoms with Crippen molar-refractivity contribution >= 4 is 17.8 Å². The average Bonchev–Trinajstić information content (AvgIpc) is 2.68. The van der Waals surface area contributed by atoms with Crippen LogP contribution in [0.3, 0.4) is 0 Å². The molecule has 5 heteroatoms. The number of rotatable bonds is 3. The molecule has 3 aromatic rings. The highest BCUT2D eigenvalue weighted by atomic mass is 35.5. The van der Waals surface area contributed by atoms with Gasteiger partial charge in [-0.3, -0.25) is 4.79 Å². The van der Waals surface area contributed by atoms with Gasteiger partial charge in [0.05, 0.1) is 5.69 Å². The summed E-state index contributed by atoms with van der Waals surface area (Å²) in [7, 11) is 0. The molecule has 0 saturated heterocycles. The van der Waals surface area contributed by atoms with Crippen molar-refractivity contribution in [3.05, 3.63) is 86.8 Å². The Bertz CT molecular complexity index is 1030. The fraction of sp³-hybridized carbons (Fsp3) is 0.190. The van der Waals surface area contributed by atoms with Crippen LogP contribution < -0.4 is 5.56 Å². The van der Waals surface area contributed by atoms with Crippen molar-refractivity contribution in [2.75, 3.05) is 0 Å². The van der Waals surface area contributed by atoms with E-state index in [4.69, 9.17) is 22.0 Å². The summed E-state index contributed by atoms with van der Waals surface area (Å²) in [6.07, 6.45) is 3.30. The first-order valence-corrected chi connectivity index (χ1v) is 8.94. The summed E-state index contributed by atoms with van der Waals surface area (Å²) in [5, 5.41) is 8.68. The van der Waals surface area contributed by atoms with Gasteiger partial charge in [-0.15, -0.1) is 0 Å². The quantitative estimate of drug-likeness (QED) is 0.686. The number of aryl methyl sites for hydroxylation is 1. The maximum atomic E-state index is 12.8. The standard InChI is InChI=1S/C21H18ClN3O/c22-16-8-4-7-15(11-16)21(13-23)10-9-18-17(12-21)20(26)25-19(24-18)14-5-2-1-3-6-14/h1-8,11,13,23H,9-10,12H2,(H,24,25,26). The molecule has 0 aliphatic heterocycles. The lowest BCUT2D eigenvalue weighted by Gasteiger charge is -2.34. The van der Waals surface area contributed by atoms with Gasteiger partial charge in [0.15, 0.2) is 0 Å². The van der Waals surface area contributed by atoms with E-state index in [0.717, 1.165) is 23.2 Å². The number of nitrogens with zero attached hydrogens (tertiary/aromatic N) is 1. The van der Waals surface area contributed by atoms with E-state index in [1.54, 1.807) is 0 Å². The molecule has 0 amide bonds. The molecule has 1 aliphatic carbocycles. The summed E-state index contributed by atoms with van der Waals surface area (Å²) in [4.78, 5) is 20.4. The maximum absolute atomic E-state index is 12.8. The molecule has 130 valence electrons. The molecule has 1 unspecified atom stereocenters. The molecule has 0 bridgehead atoms. The molecule has 0 saturated carbocycles. The predicted octanol–water partition coefficient (Wildman–Crippen LogP) is 4.17. The van der Waals surface area contributed by atoms with Gasteiger partial charge in [0.2, 0.25) is 0 Å². The van der Waals surface area contributed by atoms with Crippen LogP contribution >= 0.6 is 11.6 Å². The van der Waals surface area contributed by atoms with Crippen molar-refractivity contribution in [2.45, 2.75) is 24.7 Å². The van der Waals surface area contributed by atoms with Crippen molar-refractivity contribution in [3.8, 4) is 11.4 Å². The van der Waals surface area contributed by atoms with Crippen molar-refractivity contribution in [3.63, 3.8) is 0 Å². The maximum Gasteiger partial charge on any atom is 0.254 e. The Balaban J connectivity index is 1.78. The van der Waals surface area contributed by atoms with Crippen LogP contribution in [-0.4, -0.2) is 16.2 Å². The fourth-order valence-corrected chi connectivity index (χ4v) is 3.85. The predicted molar refractivity (Wildman–Crippen MR) is 104 cm³/mol. The van der Waals surface area contributed by atoms with Crippen LogP contribution in [0.5, 0.6) is 0 Å². The zero-order chi connectivity index (χ0) is 18.1. The minimum absolute atomic E-state index is 0.123. The summed E-state index contributed by atoms with van der Waals surface area (Å²) in [6, 6.07) is 17.2. The van der Waals surface area contributed by atoms with Crippen LogP contribution in [0.4, 0.5) is 0 Å². The molecule has 4 nitrogen and oxygen atoms in total. The van der Waals surface area contributed by atoms with Gasteiger partial charge >= 0.3 is 0 Å². The molecule has 2 aromatic carbocycles. The summed E-state index contributed by atoms with van der Waals surface area (Å²) in [6.45, 7) is 0. The van der Waals surface area contributed by atoms with Crippen LogP contribution in [-0.2, 0) is 18.3 Å². The van der Waals surface area contributed by atoms with Gasteiger partial charge in [0, 0.05) is 27.8 Å². The Kier molecular flexibility index (Phi) is 4.21. The normalized spacial score (nSPS) is 19.0. The lowest BCUT2D eigenvalue weighted by atomic mass is 9.69. The molecule has 0 radical (unpaired) electrons. The number of aromatic nitrogens is 2. The third kappa shape index (κ3) is 2.86. The number of nitrogens with one attached hydrogen (secondary N) is 2. The molecule has 0 spiro atoms. The summed E-state index contributed by atoms with van der Waals surface area (Å²) < 4.78 is 0. The molecule has 4 rings (SSSR count). The molecule has 0 fully saturated rings. The lowest BCUT2D eigenvalue weighted by Crippen LogP contribution is -2.38. The third-order valence-corrected chi connectivity index (χ3v) is 5.36. The van der Waals surface area contributed by atoms with Crippen molar-refractivity contribution in [1.29, 1.82) is 5.41 Å². The SMILES string of the molecule is N=CC1(c2cccc(Cl)c2)CCc2nc(-c3ccccc3)[nH]c(=O)c2C1. The fourth-order valence-electron chi connectivity index (χ4n) is 3.66. The largest absolute Gasteiger partial charge is 0.312 e. The summed E-state index contributed by atoms with van der Waals surface area (Å²) >= 11 is 6.15. The van der Waals surface area contributed by atoms with E-state index in [1.807, 2.05) is 54.6 Å². The first-order valence-electron chi connectivity index (χ1n) is 8.56. The number of H-pyrrole nitrogens is 1. The van der Waals surface area contributed by atoms with E-state index in [0.29, 0.717) is 29.3 Å². The number of hydrogen-bond donors (Lipinski definition) is 2. The Morgan fingerprint density at radius 2 is 1.96 bits per heavy atom. The number of hydrogen-bond acceptors (Lipinski definition) is 3. The first-order chi connectivity index (χ1) is 12.6. The second-order valence-corrected chi connectivity index (χ2v) is 7.13. The monoisotopic (exact) mass is 363 g/mol. The second-order valence-electron chi connectivity index (χ2n) is 6.69. The zero-order valence-electron chi connectivity index (χ0n) is 14.1. The topological polar surface area (TPSA) is 69.6 Å². The van der Waals surface area contributed by atoms with Gasteiger partial charge in [-0.05, 0) is 37.0 Å². The van der Waals surface area contributed by atoms with Crippen molar-refractivity contribution in [1.82, 2.24) is 9.97 Å². The Labute approximate surface area is 156 Å². The van der Waals surface area contributed by atoms with E-state index in [9.17, 15) is 4.79 Å². The van der Waals surface area contributed by atoms with E-state index in [2.05, 4.69) is 4.98 Å². The number of benzene rings is 2. The van der Waals surface area contributed by atoms with E-state index in [-0.39, 0.29) is 5.56 Å². The van der Waals surface area contributed by atoms with Crippen LogP contribution in [0.1, 0.15) is 23.2 Å². The number of aromatic amines is 1. The third-order valence-electron chi connectivity index (χ3n) is 5.12. The second kappa shape index (κ2) is 6.54. The molecule has 26 heavy (non-hydrogen) atoms. The highest BCUT2D eigenvalue weighted by Crippen LogP contribution is 2.36. The molecule has 1 aliphatic rings. The molecular weight excluding hydrogens is 346 g/mol. The Hall–Kier alpha value is -2.72. The molecular formula is C21H18ClN3O. The average molecular weight is 364 g/mol. The van der Waals surface area contributed by atoms with Crippen molar-refractivity contribution in [2.24, 2.45) is 0 Å². The minimum Gasteiger partial charge on any atom is -0.312 e. The van der Waals surface area contributed by atoms with Gasteiger partial charge < -0.3 is 10.4 Å². The van der Waals surface area contributed by atoms with Crippen LogP contribution in [0.15, 0.2) is 59.4 Å². The Morgan fingerprint density at radius 3 is 2.69 bits per heavy atom. The van der Waals surface area contributed by atoms with Gasteiger partial charge in [-0.25, -0.2) is 4.98 Å². The molecule has 2 N–H and O–H groups in total. The van der Waals surface area contributed by atoms with Gasteiger partial charge in [-0.2, -0.15) is 0 Å². The number of halogens is 1. The Morgan fingerprint density at radius 1 is 1.15 bits per heavy atom. The molecule has 1 heterocycles.